The molecule has 0 bridgehead atoms. The summed E-state index contributed by atoms with van der Waals surface area (Å²) >= 11 is 0. The molecule has 1 aromatic rings. The van der Waals surface area contributed by atoms with E-state index in [1.807, 2.05) is 0 Å². The number of rotatable bonds is 6. The number of hydrogen-bond acceptors (Lipinski definition) is 1. The highest BCUT2D eigenvalue weighted by atomic mass is 14.9. The summed E-state index contributed by atoms with van der Waals surface area (Å²) in [5.74, 6) is 0. The van der Waals surface area contributed by atoms with E-state index in [9.17, 15) is 0 Å². The fourth-order valence-electron chi connectivity index (χ4n) is 1.50. The van der Waals surface area contributed by atoms with Crippen molar-refractivity contribution < 1.29 is 0 Å². The van der Waals surface area contributed by atoms with Crippen molar-refractivity contribution in [2.24, 2.45) is 0 Å². The SMILES string of the molecule is CCCC[C@H](C)NCc1ccccc1. The van der Waals surface area contributed by atoms with Crippen molar-refractivity contribution in [2.75, 3.05) is 0 Å². The molecule has 0 radical (unpaired) electrons. The molecule has 0 aliphatic carbocycles. The maximum atomic E-state index is 3.53. The van der Waals surface area contributed by atoms with Gasteiger partial charge in [0.25, 0.3) is 0 Å². The van der Waals surface area contributed by atoms with E-state index >= 15 is 0 Å². The average Bonchev–Trinajstić information content (AvgIpc) is 2.25. The predicted octanol–water partition coefficient (Wildman–Crippen LogP) is 3.35. The number of hydrogen-bond donors (Lipinski definition) is 1. The summed E-state index contributed by atoms with van der Waals surface area (Å²) in [6.07, 6.45) is 3.89. The van der Waals surface area contributed by atoms with Crippen LogP contribution in [-0.4, -0.2) is 6.04 Å². The fourth-order valence-corrected chi connectivity index (χ4v) is 1.50. The van der Waals surface area contributed by atoms with Gasteiger partial charge in [0.2, 0.25) is 0 Å². The van der Waals surface area contributed by atoms with Crippen molar-refractivity contribution in [1.29, 1.82) is 0 Å². The summed E-state index contributed by atoms with van der Waals surface area (Å²) in [5.41, 5.74) is 1.37. The Bertz CT molecular complexity index is 230. The Balaban J connectivity index is 2.20. The first-order chi connectivity index (χ1) is 6.83. The van der Waals surface area contributed by atoms with Gasteiger partial charge in [0.1, 0.15) is 0 Å². The molecule has 1 nitrogen and oxygen atoms in total. The Morgan fingerprint density at radius 2 is 1.93 bits per heavy atom. The summed E-state index contributed by atoms with van der Waals surface area (Å²) in [4.78, 5) is 0. The zero-order valence-corrected chi connectivity index (χ0v) is 9.29. The quantitative estimate of drug-likeness (QED) is 0.727. The predicted molar refractivity (Wildman–Crippen MR) is 62.3 cm³/mol. The van der Waals surface area contributed by atoms with Crippen LogP contribution in [0.2, 0.25) is 0 Å². The molecule has 1 atom stereocenters. The first-order valence-electron chi connectivity index (χ1n) is 5.60. The minimum atomic E-state index is 0.634. The Labute approximate surface area is 87.5 Å². The molecule has 0 aromatic heterocycles. The second-order valence-corrected chi connectivity index (χ2v) is 3.91. The van der Waals surface area contributed by atoms with Gasteiger partial charge >= 0.3 is 0 Å². The molecular formula is C13H21N. The van der Waals surface area contributed by atoms with Gasteiger partial charge < -0.3 is 5.32 Å². The summed E-state index contributed by atoms with van der Waals surface area (Å²) in [6, 6.07) is 11.2. The summed E-state index contributed by atoms with van der Waals surface area (Å²) in [7, 11) is 0. The molecule has 14 heavy (non-hydrogen) atoms. The number of unbranched alkanes of at least 4 members (excludes halogenated alkanes) is 1. The van der Waals surface area contributed by atoms with E-state index in [1.54, 1.807) is 0 Å². The van der Waals surface area contributed by atoms with Gasteiger partial charge in [-0.05, 0) is 18.9 Å². The molecule has 0 fully saturated rings. The van der Waals surface area contributed by atoms with Gasteiger partial charge in [0.15, 0.2) is 0 Å². The third-order valence-electron chi connectivity index (χ3n) is 2.49. The van der Waals surface area contributed by atoms with Crippen LogP contribution < -0.4 is 5.32 Å². The molecule has 1 rings (SSSR count). The fraction of sp³-hybridized carbons (Fsp3) is 0.538. The maximum absolute atomic E-state index is 3.53. The van der Waals surface area contributed by atoms with Gasteiger partial charge in [-0.25, -0.2) is 0 Å². The van der Waals surface area contributed by atoms with Crippen molar-refractivity contribution >= 4 is 0 Å². The third kappa shape index (κ3) is 4.43. The second kappa shape index (κ2) is 6.61. The number of nitrogens with one attached hydrogen (secondary N) is 1. The first kappa shape index (κ1) is 11.3. The van der Waals surface area contributed by atoms with E-state index in [0.717, 1.165) is 6.54 Å². The van der Waals surface area contributed by atoms with Crippen LogP contribution in [0.25, 0.3) is 0 Å². The van der Waals surface area contributed by atoms with Gasteiger partial charge in [-0.2, -0.15) is 0 Å². The van der Waals surface area contributed by atoms with Crippen LogP contribution in [0.1, 0.15) is 38.7 Å². The Morgan fingerprint density at radius 1 is 1.21 bits per heavy atom. The van der Waals surface area contributed by atoms with E-state index in [-0.39, 0.29) is 0 Å². The second-order valence-electron chi connectivity index (χ2n) is 3.91. The van der Waals surface area contributed by atoms with Crippen LogP contribution in [0.15, 0.2) is 30.3 Å². The van der Waals surface area contributed by atoms with E-state index in [2.05, 4.69) is 49.5 Å². The highest BCUT2D eigenvalue weighted by molar-refractivity contribution is 5.14. The van der Waals surface area contributed by atoms with Gasteiger partial charge in [0.05, 0.1) is 0 Å². The molecule has 0 unspecified atom stereocenters. The highest BCUT2D eigenvalue weighted by Crippen LogP contribution is 2.02. The van der Waals surface area contributed by atoms with Crippen molar-refractivity contribution in [3.63, 3.8) is 0 Å². The minimum Gasteiger partial charge on any atom is -0.310 e. The van der Waals surface area contributed by atoms with E-state index in [4.69, 9.17) is 0 Å². The van der Waals surface area contributed by atoms with Crippen molar-refractivity contribution in [3.05, 3.63) is 35.9 Å². The summed E-state index contributed by atoms with van der Waals surface area (Å²) in [5, 5.41) is 3.53. The minimum absolute atomic E-state index is 0.634. The molecule has 0 spiro atoms. The standard InChI is InChI=1S/C13H21N/c1-3-4-8-12(2)14-11-13-9-6-5-7-10-13/h5-7,9-10,12,14H,3-4,8,11H2,1-2H3/t12-/m0/s1. The van der Waals surface area contributed by atoms with Crippen LogP contribution in [0.4, 0.5) is 0 Å². The molecule has 0 amide bonds. The smallest absolute Gasteiger partial charge is 0.0207 e. The lowest BCUT2D eigenvalue weighted by molar-refractivity contribution is 0.495. The van der Waals surface area contributed by atoms with Gasteiger partial charge in [0, 0.05) is 12.6 Å². The Kier molecular flexibility index (Phi) is 5.31. The largest absolute Gasteiger partial charge is 0.310 e. The highest BCUT2D eigenvalue weighted by Gasteiger charge is 1.99. The molecule has 0 saturated heterocycles. The number of benzene rings is 1. The lowest BCUT2D eigenvalue weighted by Gasteiger charge is -2.12. The molecule has 1 heteroatoms. The van der Waals surface area contributed by atoms with Crippen LogP contribution in [0, 0.1) is 0 Å². The molecule has 1 aromatic carbocycles. The molecule has 0 saturated carbocycles. The van der Waals surface area contributed by atoms with Gasteiger partial charge in [-0.15, -0.1) is 0 Å². The third-order valence-corrected chi connectivity index (χ3v) is 2.49. The topological polar surface area (TPSA) is 12.0 Å². The molecule has 0 heterocycles. The normalized spacial score (nSPS) is 12.7. The van der Waals surface area contributed by atoms with E-state index < -0.39 is 0 Å². The monoisotopic (exact) mass is 191 g/mol. The molecule has 0 aliphatic rings. The molecule has 0 aliphatic heterocycles. The molecule has 1 N–H and O–H groups in total. The van der Waals surface area contributed by atoms with Gasteiger partial charge in [-0.3, -0.25) is 0 Å². The summed E-state index contributed by atoms with van der Waals surface area (Å²) < 4.78 is 0. The molecule has 78 valence electrons. The van der Waals surface area contributed by atoms with Crippen LogP contribution in [0.3, 0.4) is 0 Å². The Morgan fingerprint density at radius 3 is 2.57 bits per heavy atom. The first-order valence-corrected chi connectivity index (χ1v) is 5.60. The van der Waals surface area contributed by atoms with Crippen LogP contribution in [-0.2, 0) is 6.54 Å². The lowest BCUT2D eigenvalue weighted by Crippen LogP contribution is -2.25. The van der Waals surface area contributed by atoms with Gasteiger partial charge in [-0.1, -0.05) is 50.1 Å². The van der Waals surface area contributed by atoms with E-state index in [0.29, 0.717) is 6.04 Å². The van der Waals surface area contributed by atoms with Crippen molar-refractivity contribution in [3.8, 4) is 0 Å². The van der Waals surface area contributed by atoms with Crippen molar-refractivity contribution in [1.82, 2.24) is 5.32 Å². The van der Waals surface area contributed by atoms with Crippen LogP contribution >= 0.6 is 0 Å². The zero-order chi connectivity index (χ0) is 10.2. The average molecular weight is 191 g/mol. The van der Waals surface area contributed by atoms with E-state index in [1.165, 1.54) is 24.8 Å². The molecular weight excluding hydrogens is 170 g/mol. The maximum Gasteiger partial charge on any atom is 0.0207 e. The van der Waals surface area contributed by atoms with Crippen molar-refractivity contribution in [2.45, 2.75) is 45.7 Å². The Hall–Kier alpha value is -0.820. The van der Waals surface area contributed by atoms with Crippen LogP contribution in [0.5, 0.6) is 0 Å². The summed E-state index contributed by atoms with van der Waals surface area (Å²) in [6.45, 7) is 5.49. The lowest BCUT2D eigenvalue weighted by atomic mass is 10.1. The zero-order valence-electron chi connectivity index (χ0n) is 9.29.